The standard InChI is InChI=1S/C16H17NO5S/c1-10-6-7-15(22-10)16(19)13-5-3-4-12(8-13)11(2)14(18)9-23(17,20)21/h3-8,11H,9H2,1-2H3,(H2,17,20,21)/t11-/m1/s1. The highest BCUT2D eigenvalue weighted by Gasteiger charge is 2.21. The largest absolute Gasteiger partial charge is 0.458 e. The summed E-state index contributed by atoms with van der Waals surface area (Å²) in [6, 6.07) is 9.75. The summed E-state index contributed by atoms with van der Waals surface area (Å²) in [7, 11) is -3.87. The molecule has 0 unspecified atom stereocenters. The summed E-state index contributed by atoms with van der Waals surface area (Å²) in [4.78, 5) is 24.3. The van der Waals surface area contributed by atoms with E-state index in [2.05, 4.69) is 0 Å². The number of sulfonamides is 1. The van der Waals surface area contributed by atoms with Gasteiger partial charge in [0.15, 0.2) is 11.5 Å². The normalized spacial score (nSPS) is 12.8. The Hall–Kier alpha value is -2.25. The van der Waals surface area contributed by atoms with E-state index in [-0.39, 0.29) is 11.5 Å². The Balaban J connectivity index is 2.26. The molecule has 0 radical (unpaired) electrons. The molecule has 0 fully saturated rings. The van der Waals surface area contributed by atoms with E-state index in [1.165, 1.54) is 0 Å². The van der Waals surface area contributed by atoms with Crippen molar-refractivity contribution in [3.63, 3.8) is 0 Å². The van der Waals surface area contributed by atoms with E-state index in [1.807, 2.05) is 0 Å². The van der Waals surface area contributed by atoms with Gasteiger partial charge < -0.3 is 4.42 Å². The van der Waals surface area contributed by atoms with Crippen LogP contribution in [0.15, 0.2) is 40.8 Å². The van der Waals surface area contributed by atoms with Gasteiger partial charge >= 0.3 is 0 Å². The van der Waals surface area contributed by atoms with Crippen molar-refractivity contribution >= 4 is 21.6 Å². The number of ketones is 2. The number of benzene rings is 1. The lowest BCUT2D eigenvalue weighted by atomic mass is 9.94. The summed E-state index contributed by atoms with van der Waals surface area (Å²) in [5.74, 6) is -1.40. The van der Waals surface area contributed by atoms with Gasteiger partial charge in [-0.05, 0) is 30.7 Å². The minimum absolute atomic E-state index is 0.211. The van der Waals surface area contributed by atoms with Gasteiger partial charge in [-0.25, -0.2) is 13.6 Å². The number of hydrogen-bond donors (Lipinski definition) is 1. The highest BCUT2D eigenvalue weighted by atomic mass is 32.2. The molecule has 2 N–H and O–H groups in total. The maximum atomic E-state index is 12.3. The van der Waals surface area contributed by atoms with Crippen molar-refractivity contribution in [3.05, 3.63) is 59.0 Å². The van der Waals surface area contributed by atoms with Crippen LogP contribution < -0.4 is 5.14 Å². The van der Waals surface area contributed by atoms with Gasteiger partial charge in [0.25, 0.3) is 0 Å². The van der Waals surface area contributed by atoms with E-state index >= 15 is 0 Å². The lowest BCUT2D eigenvalue weighted by Crippen LogP contribution is -2.26. The van der Waals surface area contributed by atoms with Crippen LogP contribution >= 0.6 is 0 Å². The van der Waals surface area contributed by atoms with Crippen molar-refractivity contribution in [1.29, 1.82) is 0 Å². The second-order valence-electron chi connectivity index (χ2n) is 5.36. The van der Waals surface area contributed by atoms with Crippen LogP contribution in [0.3, 0.4) is 0 Å². The topological polar surface area (TPSA) is 107 Å². The Labute approximate surface area is 134 Å². The first-order valence-corrected chi connectivity index (χ1v) is 8.63. The zero-order valence-electron chi connectivity index (χ0n) is 12.8. The molecule has 0 aliphatic heterocycles. The van der Waals surface area contributed by atoms with Crippen LogP contribution in [0.25, 0.3) is 0 Å². The molecule has 1 aromatic carbocycles. The van der Waals surface area contributed by atoms with Crippen molar-refractivity contribution in [2.75, 3.05) is 5.75 Å². The molecule has 0 saturated heterocycles. The number of nitrogens with two attached hydrogens (primary N) is 1. The van der Waals surface area contributed by atoms with Crippen molar-refractivity contribution in [2.24, 2.45) is 5.14 Å². The van der Waals surface area contributed by atoms with Gasteiger partial charge in [-0.2, -0.15) is 0 Å². The summed E-state index contributed by atoms with van der Waals surface area (Å²) < 4.78 is 27.4. The van der Waals surface area contributed by atoms with Crippen molar-refractivity contribution in [1.82, 2.24) is 0 Å². The van der Waals surface area contributed by atoms with E-state index < -0.39 is 27.5 Å². The predicted octanol–water partition coefficient (Wildman–Crippen LogP) is 1.78. The first-order valence-electron chi connectivity index (χ1n) is 6.91. The fourth-order valence-corrected chi connectivity index (χ4v) is 2.80. The summed E-state index contributed by atoms with van der Waals surface area (Å²) in [6.07, 6.45) is 0. The minimum atomic E-state index is -3.87. The highest BCUT2D eigenvalue weighted by molar-refractivity contribution is 7.89. The molecular weight excluding hydrogens is 318 g/mol. The summed E-state index contributed by atoms with van der Waals surface area (Å²) in [6.45, 7) is 3.31. The smallest absolute Gasteiger partial charge is 0.228 e. The van der Waals surface area contributed by atoms with Crippen LogP contribution in [0.5, 0.6) is 0 Å². The number of furan rings is 1. The van der Waals surface area contributed by atoms with Crippen molar-refractivity contribution in [3.8, 4) is 0 Å². The molecule has 0 bridgehead atoms. The fraction of sp³-hybridized carbons (Fsp3) is 0.250. The number of Topliss-reactive ketones (excluding diaryl/α,β-unsaturated/α-hetero) is 1. The quantitative estimate of drug-likeness (QED) is 0.810. The lowest BCUT2D eigenvalue weighted by Gasteiger charge is -2.11. The van der Waals surface area contributed by atoms with Crippen LogP contribution in [0.1, 0.15) is 40.3 Å². The third kappa shape index (κ3) is 4.37. The Morgan fingerprint density at radius 3 is 2.48 bits per heavy atom. The van der Waals surface area contributed by atoms with Gasteiger partial charge in [-0.1, -0.05) is 25.1 Å². The maximum Gasteiger partial charge on any atom is 0.228 e. The first kappa shape index (κ1) is 17.1. The molecule has 7 heteroatoms. The number of rotatable bonds is 6. The molecule has 23 heavy (non-hydrogen) atoms. The van der Waals surface area contributed by atoms with Crippen molar-refractivity contribution < 1.29 is 22.4 Å². The Bertz CT molecular complexity index is 851. The summed E-state index contributed by atoms with van der Waals surface area (Å²) >= 11 is 0. The van der Waals surface area contributed by atoms with Gasteiger partial charge in [0.2, 0.25) is 15.8 Å². The average Bonchev–Trinajstić information content (AvgIpc) is 2.90. The second kappa shape index (κ2) is 6.47. The molecule has 0 aliphatic carbocycles. The number of primary sulfonamides is 1. The van der Waals surface area contributed by atoms with E-state index in [4.69, 9.17) is 9.56 Å². The van der Waals surface area contributed by atoms with Gasteiger partial charge in [0, 0.05) is 11.5 Å². The predicted molar refractivity (Wildman–Crippen MR) is 84.7 cm³/mol. The number of carbonyl (C=O) groups excluding carboxylic acids is 2. The number of aryl methyl sites for hydroxylation is 1. The summed E-state index contributed by atoms with van der Waals surface area (Å²) in [5.41, 5.74) is 0.917. The maximum absolute atomic E-state index is 12.3. The molecule has 2 aromatic rings. The fourth-order valence-electron chi connectivity index (χ4n) is 2.16. The lowest BCUT2D eigenvalue weighted by molar-refractivity contribution is -0.117. The Morgan fingerprint density at radius 2 is 1.91 bits per heavy atom. The molecule has 2 rings (SSSR count). The SMILES string of the molecule is Cc1ccc(C(=O)c2cccc([C@@H](C)C(=O)CS(N)(=O)=O)c2)o1. The molecule has 1 heterocycles. The molecule has 1 atom stereocenters. The first-order chi connectivity index (χ1) is 10.7. The molecule has 0 saturated carbocycles. The van der Waals surface area contributed by atoms with Crippen LogP contribution in [0.2, 0.25) is 0 Å². The molecule has 1 aromatic heterocycles. The average molecular weight is 335 g/mol. The van der Waals surface area contributed by atoms with Crippen molar-refractivity contribution in [2.45, 2.75) is 19.8 Å². The Kier molecular flexibility index (Phi) is 4.82. The van der Waals surface area contributed by atoms with Crippen LogP contribution in [0.4, 0.5) is 0 Å². The van der Waals surface area contributed by atoms with Crippen LogP contribution in [0, 0.1) is 6.92 Å². The molecular formula is C16H17NO5S. The van der Waals surface area contributed by atoms with Gasteiger partial charge in [-0.15, -0.1) is 0 Å². The molecule has 122 valence electrons. The second-order valence-corrected chi connectivity index (χ2v) is 6.97. The third-order valence-electron chi connectivity index (χ3n) is 3.44. The van der Waals surface area contributed by atoms with E-state index in [0.717, 1.165) is 0 Å². The zero-order valence-corrected chi connectivity index (χ0v) is 13.6. The molecule has 0 spiro atoms. The van der Waals surface area contributed by atoms with Gasteiger partial charge in [0.1, 0.15) is 11.5 Å². The molecule has 6 nitrogen and oxygen atoms in total. The Morgan fingerprint density at radius 1 is 1.22 bits per heavy atom. The van der Waals surface area contributed by atoms with E-state index in [0.29, 0.717) is 16.9 Å². The number of hydrogen-bond acceptors (Lipinski definition) is 5. The van der Waals surface area contributed by atoms with Crippen LogP contribution in [-0.2, 0) is 14.8 Å². The monoisotopic (exact) mass is 335 g/mol. The molecule has 0 amide bonds. The van der Waals surface area contributed by atoms with Crippen LogP contribution in [-0.4, -0.2) is 25.7 Å². The zero-order chi connectivity index (χ0) is 17.2. The minimum Gasteiger partial charge on any atom is -0.458 e. The van der Waals surface area contributed by atoms with Gasteiger partial charge in [-0.3, -0.25) is 9.59 Å². The van der Waals surface area contributed by atoms with Gasteiger partial charge in [0.05, 0.1) is 0 Å². The number of carbonyl (C=O) groups is 2. The van der Waals surface area contributed by atoms with E-state index in [9.17, 15) is 18.0 Å². The van der Waals surface area contributed by atoms with E-state index in [1.54, 1.807) is 50.2 Å². The molecule has 0 aliphatic rings. The third-order valence-corrected chi connectivity index (χ3v) is 4.13. The summed E-state index contributed by atoms with van der Waals surface area (Å²) in [5, 5.41) is 4.89. The highest BCUT2D eigenvalue weighted by Crippen LogP contribution is 2.20.